The molecule has 1 aromatic heterocycles. The van der Waals surface area contributed by atoms with E-state index in [0.29, 0.717) is 37.7 Å². The molecule has 7 heteroatoms. The molecule has 1 heterocycles. The molecule has 30 heavy (non-hydrogen) atoms. The average Bonchev–Trinajstić information content (AvgIpc) is 3.21. The Kier molecular flexibility index (Phi) is 7.57. The van der Waals surface area contributed by atoms with Gasteiger partial charge in [-0.1, -0.05) is 29.4 Å². The lowest BCUT2D eigenvalue weighted by Crippen LogP contribution is -2.24. The number of ether oxygens (including phenoxy) is 1. The minimum atomic E-state index is -0.0459. The van der Waals surface area contributed by atoms with Crippen molar-refractivity contribution >= 4 is 5.91 Å². The van der Waals surface area contributed by atoms with Crippen molar-refractivity contribution in [3.8, 4) is 17.1 Å². The van der Waals surface area contributed by atoms with Crippen LogP contribution in [0.5, 0.6) is 5.75 Å². The fourth-order valence-corrected chi connectivity index (χ4v) is 3.07. The molecule has 0 saturated carbocycles. The molecule has 0 aliphatic rings. The summed E-state index contributed by atoms with van der Waals surface area (Å²) in [6, 6.07) is 15.6. The second-order valence-corrected chi connectivity index (χ2v) is 7.25. The van der Waals surface area contributed by atoms with E-state index in [0.717, 1.165) is 23.4 Å². The Morgan fingerprint density at radius 2 is 1.83 bits per heavy atom. The van der Waals surface area contributed by atoms with Crippen LogP contribution < -0.4 is 10.1 Å². The number of hydrogen-bond acceptors (Lipinski definition) is 6. The van der Waals surface area contributed by atoms with Gasteiger partial charge in [0.25, 0.3) is 0 Å². The first-order valence-electron chi connectivity index (χ1n) is 10.1. The highest BCUT2D eigenvalue weighted by molar-refractivity contribution is 5.76. The van der Waals surface area contributed by atoms with Crippen LogP contribution in [0.15, 0.2) is 53.1 Å². The van der Waals surface area contributed by atoms with Crippen molar-refractivity contribution in [1.29, 1.82) is 0 Å². The van der Waals surface area contributed by atoms with Crippen LogP contribution in [0.3, 0.4) is 0 Å². The fourth-order valence-electron chi connectivity index (χ4n) is 3.07. The third kappa shape index (κ3) is 6.15. The summed E-state index contributed by atoms with van der Waals surface area (Å²) in [5.41, 5.74) is 3.17. The molecular weight excluding hydrogens is 380 g/mol. The van der Waals surface area contributed by atoms with Crippen LogP contribution in [-0.2, 0) is 24.3 Å². The van der Waals surface area contributed by atoms with E-state index < -0.39 is 0 Å². The molecule has 0 radical (unpaired) electrons. The van der Waals surface area contributed by atoms with Crippen LogP contribution in [0.25, 0.3) is 11.4 Å². The number of carbonyl (C=O) groups is 1. The van der Waals surface area contributed by atoms with E-state index in [1.807, 2.05) is 63.5 Å². The molecular formula is C23H28N4O3. The SMILES string of the molecule is CCOc1ccc(-c2noc(CCC(=O)NCc3ccccc3CN(C)C)n2)cc1. The predicted octanol–water partition coefficient (Wildman–Crippen LogP) is 3.45. The number of hydrogen-bond donors (Lipinski definition) is 1. The molecule has 0 fully saturated rings. The van der Waals surface area contributed by atoms with Gasteiger partial charge in [0, 0.05) is 31.5 Å². The van der Waals surface area contributed by atoms with E-state index in [9.17, 15) is 4.79 Å². The van der Waals surface area contributed by atoms with E-state index >= 15 is 0 Å². The lowest BCUT2D eigenvalue weighted by molar-refractivity contribution is -0.121. The molecule has 1 N–H and O–H groups in total. The van der Waals surface area contributed by atoms with E-state index in [1.54, 1.807) is 0 Å². The maximum Gasteiger partial charge on any atom is 0.227 e. The summed E-state index contributed by atoms with van der Waals surface area (Å²) < 4.78 is 10.7. The van der Waals surface area contributed by atoms with Crippen molar-refractivity contribution in [1.82, 2.24) is 20.4 Å². The van der Waals surface area contributed by atoms with Crippen LogP contribution in [-0.4, -0.2) is 41.6 Å². The maximum atomic E-state index is 12.3. The Balaban J connectivity index is 1.50. The molecule has 0 unspecified atom stereocenters. The lowest BCUT2D eigenvalue weighted by atomic mass is 10.1. The molecule has 0 saturated heterocycles. The Morgan fingerprint density at radius 3 is 2.53 bits per heavy atom. The van der Waals surface area contributed by atoms with Gasteiger partial charge >= 0.3 is 0 Å². The van der Waals surface area contributed by atoms with Crippen molar-refractivity contribution in [3.63, 3.8) is 0 Å². The van der Waals surface area contributed by atoms with Crippen LogP contribution >= 0.6 is 0 Å². The Labute approximate surface area is 177 Å². The Bertz CT molecular complexity index is 951. The smallest absolute Gasteiger partial charge is 0.227 e. The lowest BCUT2D eigenvalue weighted by Gasteiger charge is -2.14. The van der Waals surface area contributed by atoms with E-state index in [4.69, 9.17) is 9.26 Å². The Hall–Kier alpha value is -3.19. The number of nitrogens with one attached hydrogen (secondary N) is 1. The summed E-state index contributed by atoms with van der Waals surface area (Å²) in [5, 5.41) is 6.99. The molecule has 0 spiro atoms. The summed E-state index contributed by atoms with van der Waals surface area (Å²) in [6.07, 6.45) is 0.690. The molecule has 0 aliphatic carbocycles. The maximum absolute atomic E-state index is 12.3. The van der Waals surface area contributed by atoms with Crippen molar-refractivity contribution in [3.05, 3.63) is 65.5 Å². The van der Waals surface area contributed by atoms with E-state index in [-0.39, 0.29) is 5.91 Å². The molecule has 3 rings (SSSR count). The van der Waals surface area contributed by atoms with Gasteiger partial charge in [-0.25, -0.2) is 0 Å². The second kappa shape index (κ2) is 10.5. The summed E-state index contributed by atoms with van der Waals surface area (Å²) in [4.78, 5) is 18.8. The summed E-state index contributed by atoms with van der Waals surface area (Å²) in [7, 11) is 4.06. The standard InChI is InChI=1S/C23H28N4O3/c1-4-29-20-11-9-17(10-12-20)23-25-22(30-26-23)14-13-21(28)24-15-18-7-5-6-8-19(18)16-27(2)3/h5-12H,4,13-16H2,1-3H3,(H,24,28). The van der Waals surface area contributed by atoms with E-state index in [2.05, 4.69) is 26.4 Å². The zero-order chi connectivity index (χ0) is 21.3. The first-order chi connectivity index (χ1) is 14.5. The first-order valence-corrected chi connectivity index (χ1v) is 10.1. The minimum absolute atomic E-state index is 0.0459. The fraction of sp³-hybridized carbons (Fsp3) is 0.348. The number of carbonyl (C=O) groups excluding carboxylic acids is 1. The largest absolute Gasteiger partial charge is 0.494 e. The molecule has 0 bridgehead atoms. The molecule has 0 atom stereocenters. The van der Waals surface area contributed by atoms with Gasteiger partial charge in [-0.15, -0.1) is 0 Å². The number of benzene rings is 2. The summed E-state index contributed by atoms with van der Waals surface area (Å²) in [5.74, 6) is 1.71. The van der Waals surface area contributed by atoms with Gasteiger partial charge in [0.05, 0.1) is 6.61 Å². The topological polar surface area (TPSA) is 80.5 Å². The quantitative estimate of drug-likeness (QED) is 0.553. The zero-order valence-corrected chi connectivity index (χ0v) is 17.7. The Morgan fingerprint density at radius 1 is 1.10 bits per heavy atom. The molecule has 0 aliphatic heterocycles. The number of aromatic nitrogens is 2. The van der Waals surface area contributed by atoms with Crippen LogP contribution in [0.2, 0.25) is 0 Å². The molecule has 1 amide bonds. The van der Waals surface area contributed by atoms with Crippen molar-refractivity contribution in [2.24, 2.45) is 0 Å². The van der Waals surface area contributed by atoms with Gasteiger partial charge in [-0.2, -0.15) is 4.98 Å². The average molecular weight is 409 g/mol. The van der Waals surface area contributed by atoms with Gasteiger partial charge in [-0.05, 0) is 56.4 Å². The first kappa shape index (κ1) is 21.5. The van der Waals surface area contributed by atoms with Crippen molar-refractivity contribution in [2.75, 3.05) is 20.7 Å². The molecule has 3 aromatic rings. The number of amides is 1. The third-order valence-corrected chi connectivity index (χ3v) is 4.54. The second-order valence-electron chi connectivity index (χ2n) is 7.25. The number of nitrogens with zero attached hydrogens (tertiary/aromatic N) is 3. The highest BCUT2D eigenvalue weighted by Crippen LogP contribution is 2.20. The van der Waals surface area contributed by atoms with Gasteiger partial charge in [0.2, 0.25) is 17.6 Å². The minimum Gasteiger partial charge on any atom is -0.494 e. The van der Waals surface area contributed by atoms with Gasteiger partial charge in [0.15, 0.2) is 0 Å². The van der Waals surface area contributed by atoms with Crippen LogP contribution in [0.4, 0.5) is 0 Å². The van der Waals surface area contributed by atoms with Gasteiger partial charge in [0.1, 0.15) is 5.75 Å². The highest BCUT2D eigenvalue weighted by Gasteiger charge is 2.11. The number of aryl methyl sites for hydroxylation is 1. The van der Waals surface area contributed by atoms with Gasteiger partial charge in [-0.3, -0.25) is 4.79 Å². The summed E-state index contributed by atoms with van der Waals surface area (Å²) in [6.45, 7) is 3.90. The highest BCUT2D eigenvalue weighted by atomic mass is 16.5. The molecule has 7 nitrogen and oxygen atoms in total. The molecule has 2 aromatic carbocycles. The van der Waals surface area contributed by atoms with Crippen molar-refractivity contribution in [2.45, 2.75) is 32.9 Å². The van der Waals surface area contributed by atoms with E-state index in [1.165, 1.54) is 5.56 Å². The predicted molar refractivity (Wildman–Crippen MR) is 115 cm³/mol. The van der Waals surface area contributed by atoms with Crippen LogP contribution in [0, 0.1) is 0 Å². The summed E-state index contributed by atoms with van der Waals surface area (Å²) >= 11 is 0. The third-order valence-electron chi connectivity index (χ3n) is 4.54. The van der Waals surface area contributed by atoms with Gasteiger partial charge < -0.3 is 19.5 Å². The zero-order valence-electron chi connectivity index (χ0n) is 17.7. The molecule has 158 valence electrons. The monoisotopic (exact) mass is 408 g/mol. The van der Waals surface area contributed by atoms with Crippen molar-refractivity contribution < 1.29 is 14.1 Å². The number of rotatable bonds is 10. The van der Waals surface area contributed by atoms with Crippen LogP contribution in [0.1, 0.15) is 30.4 Å². The normalized spacial score (nSPS) is 10.9.